The van der Waals surface area contributed by atoms with Gasteiger partial charge in [-0.1, -0.05) is 36.4 Å². The minimum atomic E-state index is -2.64. The molecule has 0 unspecified atom stereocenters. The summed E-state index contributed by atoms with van der Waals surface area (Å²) in [4.78, 5) is 0.796. The van der Waals surface area contributed by atoms with Crippen molar-refractivity contribution in [1.29, 1.82) is 0 Å². The van der Waals surface area contributed by atoms with E-state index in [0.29, 0.717) is 11.8 Å². The molecule has 0 saturated heterocycles. The van der Waals surface area contributed by atoms with E-state index in [4.69, 9.17) is 0 Å². The number of hydrogen-bond acceptors (Lipinski definition) is 1. The van der Waals surface area contributed by atoms with Crippen LogP contribution in [0.2, 0.25) is 0 Å². The molecule has 0 heterocycles. The van der Waals surface area contributed by atoms with Crippen molar-refractivity contribution in [3.05, 3.63) is 22.6 Å². The quantitative estimate of drug-likeness (QED) is 0.658. The average molecular weight is 204 g/mol. The molecule has 0 aromatic carbocycles. The second kappa shape index (κ2) is 4.27. The summed E-state index contributed by atoms with van der Waals surface area (Å²) in [7, 11) is 0. The van der Waals surface area contributed by atoms with E-state index >= 15 is 0 Å². The van der Waals surface area contributed by atoms with E-state index in [9.17, 15) is 8.78 Å². The van der Waals surface area contributed by atoms with Crippen molar-refractivity contribution in [2.45, 2.75) is 38.4 Å². The monoisotopic (exact) mass is 204 g/mol. The molecular weight excluding hydrogens is 190 g/mol. The molecule has 1 aliphatic rings. The minimum absolute atomic E-state index is 0.673. The Hall–Kier alpha value is -0.310. The van der Waals surface area contributed by atoms with Crippen LogP contribution < -0.4 is 0 Å². The summed E-state index contributed by atoms with van der Waals surface area (Å²) < 4.78 is 25.2. The first-order chi connectivity index (χ1) is 6.01. The van der Waals surface area contributed by atoms with Crippen molar-refractivity contribution in [1.82, 2.24) is 0 Å². The molecule has 13 heavy (non-hydrogen) atoms. The maximum atomic E-state index is 12.6. The molecule has 0 saturated carbocycles. The summed E-state index contributed by atoms with van der Waals surface area (Å²) in [6.45, 7) is 3.03. The number of thioether (sulfide) groups is 1. The minimum Gasteiger partial charge on any atom is -0.194 e. The van der Waals surface area contributed by atoms with Crippen LogP contribution in [0.3, 0.4) is 0 Å². The van der Waals surface area contributed by atoms with Crippen LogP contribution in [-0.4, -0.2) is 5.25 Å². The Bertz CT molecular complexity index is 236. The lowest BCUT2D eigenvalue weighted by Gasteiger charge is -2.16. The normalized spacial score (nSPS) is 18.2. The van der Waals surface area contributed by atoms with Gasteiger partial charge in [0.05, 0.1) is 0 Å². The first kappa shape index (κ1) is 10.8. The van der Waals surface area contributed by atoms with Crippen LogP contribution in [0.25, 0.3) is 0 Å². The third kappa shape index (κ3) is 3.94. The summed E-state index contributed by atoms with van der Waals surface area (Å²) >= 11 is 0.673. The molecule has 0 bridgehead atoms. The smallest absolute Gasteiger partial charge is 0.194 e. The molecule has 0 aliphatic heterocycles. The van der Waals surface area contributed by atoms with Crippen LogP contribution in [-0.2, 0) is 0 Å². The van der Waals surface area contributed by atoms with Crippen LogP contribution in [0.5, 0.6) is 0 Å². The standard InChI is InChI=1S/C10H14F2S/c1-3-8-4-6-9(7-5-8)13-10(2,11)12/h4,6H,3,5,7H2,1-2H3. The Labute approximate surface area is 82.1 Å². The highest BCUT2D eigenvalue weighted by atomic mass is 32.2. The second-order valence-electron chi connectivity index (χ2n) is 3.22. The molecule has 0 atom stereocenters. The SMILES string of the molecule is CCC1=CC=C(SC(C)(F)F)CC1. The van der Waals surface area contributed by atoms with Gasteiger partial charge in [0.1, 0.15) is 0 Å². The lowest BCUT2D eigenvalue weighted by molar-refractivity contribution is 0.129. The number of alkyl halides is 2. The van der Waals surface area contributed by atoms with Crippen molar-refractivity contribution in [2.24, 2.45) is 0 Å². The fraction of sp³-hybridized carbons (Fsp3) is 0.600. The maximum absolute atomic E-state index is 12.6. The predicted molar refractivity (Wildman–Crippen MR) is 53.9 cm³/mol. The first-order valence-corrected chi connectivity index (χ1v) is 5.28. The third-order valence-electron chi connectivity index (χ3n) is 1.96. The van der Waals surface area contributed by atoms with Crippen LogP contribution in [0, 0.1) is 0 Å². The number of rotatable bonds is 3. The van der Waals surface area contributed by atoms with E-state index in [2.05, 4.69) is 6.92 Å². The zero-order valence-corrected chi connectivity index (χ0v) is 8.76. The highest BCUT2D eigenvalue weighted by molar-refractivity contribution is 8.04. The molecule has 0 nitrogen and oxygen atoms in total. The molecule has 1 aliphatic carbocycles. The molecule has 0 aromatic heterocycles. The van der Waals surface area contributed by atoms with Gasteiger partial charge in [-0.2, -0.15) is 8.78 Å². The van der Waals surface area contributed by atoms with E-state index in [1.807, 2.05) is 12.2 Å². The highest BCUT2D eigenvalue weighted by Gasteiger charge is 2.24. The van der Waals surface area contributed by atoms with Gasteiger partial charge in [0, 0.05) is 6.92 Å². The van der Waals surface area contributed by atoms with Crippen molar-refractivity contribution in [3.63, 3.8) is 0 Å². The third-order valence-corrected chi connectivity index (χ3v) is 2.92. The summed E-state index contributed by atoms with van der Waals surface area (Å²) in [5.41, 5.74) is 1.35. The Morgan fingerprint density at radius 1 is 1.38 bits per heavy atom. The van der Waals surface area contributed by atoms with Crippen molar-refractivity contribution in [2.75, 3.05) is 0 Å². The van der Waals surface area contributed by atoms with Crippen molar-refractivity contribution < 1.29 is 8.78 Å². The summed E-state index contributed by atoms with van der Waals surface area (Å²) in [5.74, 6) is 0. The molecule has 0 amide bonds. The van der Waals surface area contributed by atoms with Gasteiger partial charge in [-0.15, -0.1) is 0 Å². The Balaban J connectivity index is 2.55. The molecular formula is C10H14F2S. The molecule has 0 radical (unpaired) electrons. The average Bonchev–Trinajstić information content (AvgIpc) is 2.03. The zero-order chi connectivity index (χ0) is 9.90. The van der Waals surface area contributed by atoms with E-state index in [1.165, 1.54) is 5.57 Å². The molecule has 0 aromatic rings. The van der Waals surface area contributed by atoms with Gasteiger partial charge in [0.2, 0.25) is 0 Å². The lowest BCUT2D eigenvalue weighted by atomic mass is 10.0. The molecule has 1 rings (SSSR count). The topological polar surface area (TPSA) is 0 Å². The van der Waals surface area contributed by atoms with Gasteiger partial charge < -0.3 is 0 Å². The summed E-state index contributed by atoms with van der Waals surface area (Å²) in [6.07, 6.45) is 6.53. The largest absolute Gasteiger partial charge is 0.295 e. The molecule has 0 N–H and O–H groups in total. The van der Waals surface area contributed by atoms with Crippen LogP contribution in [0.1, 0.15) is 33.1 Å². The van der Waals surface area contributed by atoms with Gasteiger partial charge in [-0.25, -0.2) is 0 Å². The fourth-order valence-electron chi connectivity index (χ4n) is 1.27. The van der Waals surface area contributed by atoms with Gasteiger partial charge in [0.15, 0.2) is 0 Å². The fourth-order valence-corrected chi connectivity index (χ4v) is 2.07. The van der Waals surface area contributed by atoms with Gasteiger partial charge in [-0.05, 0) is 24.2 Å². The Morgan fingerprint density at radius 2 is 2.08 bits per heavy atom. The Morgan fingerprint density at radius 3 is 2.46 bits per heavy atom. The molecule has 3 heteroatoms. The molecule has 0 spiro atoms. The van der Waals surface area contributed by atoms with Crippen LogP contribution >= 0.6 is 11.8 Å². The van der Waals surface area contributed by atoms with Crippen LogP contribution in [0.4, 0.5) is 8.78 Å². The van der Waals surface area contributed by atoms with Crippen LogP contribution in [0.15, 0.2) is 22.6 Å². The Kier molecular flexibility index (Phi) is 3.54. The second-order valence-corrected chi connectivity index (χ2v) is 4.67. The van der Waals surface area contributed by atoms with Gasteiger partial charge in [0.25, 0.3) is 5.25 Å². The van der Waals surface area contributed by atoms with E-state index in [0.717, 1.165) is 31.1 Å². The zero-order valence-electron chi connectivity index (χ0n) is 7.94. The number of allylic oxidation sites excluding steroid dienone is 4. The van der Waals surface area contributed by atoms with E-state index in [1.54, 1.807) is 0 Å². The van der Waals surface area contributed by atoms with E-state index < -0.39 is 5.25 Å². The predicted octanol–water partition coefficient (Wildman–Crippen LogP) is 4.35. The summed E-state index contributed by atoms with van der Waals surface area (Å²) in [5, 5.41) is -2.64. The highest BCUT2D eigenvalue weighted by Crippen LogP contribution is 2.38. The van der Waals surface area contributed by atoms with Crippen molar-refractivity contribution in [3.8, 4) is 0 Å². The van der Waals surface area contributed by atoms with Gasteiger partial charge in [-0.3, -0.25) is 0 Å². The molecule has 74 valence electrons. The lowest BCUT2D eigenvalue weighted by Crippen LogP contribution is -2.04. The van der Waals surface area contributed by atoms with E-state index in [-0.39, 0.29) is 0 Å². The summed E-state index contributed by atoms with van der Waals surface area (Å²) in [6, 6.07) is 0. The molecule has 0 fully saturated rings. The number of halogens is 2. The first-order valence-electron chi connectivity index (χ1n) is 4.46. The van der Waals surface area contributed by atoms with Gasteiger partial charge >= 0.3 is 0 Å². The number of hydrogen-bond donors (Lipinski definition) is 0. The van der Waals surface area contributed by atoms with Crippen molar-refractivity contribution >= 4 is 11.8 Å². The maximum Gasteiger partial charge on any atom is 0.295 e.